The third-order valence-electron chi connectivity index (χ3n) is 3.46. The number of nitrogen functional groups attached to an aromatic ring is 1. The molecule has 2 rings (SSSR count). The lowest BCUT2D eigenvalue weighted by Gasteiger charge is -2.15. The van der Waals surface area contributed by atoms with E-state index < -0.39 is 0 Å². The van der Waals surface area contributed by atoms with Crippen LogP contribution in [0.3, 0.4) is 0 Å². The van der Waals surface area contributed by atoms with Crippen LogP contribution in [0.15, 0.2) is 24.3 Å². The van der Waals surface area contributed by atoms with E-state index in [0.717, 1.165) is 18.5 Å². The van der Waals surface area contributed by atoms with Gasteiger partial charge in [-0.25, -0.2) is 0 Å². The first-order chi connectivity index (χ1) is 7.66. The van der Waals surface area contributed by atoms with Crippen LogP contribution in [0.1, 0.15) is 30.0 Å². The van der Waals surface area contributed by atoms with Crippen molar-refractivity contribution in [2.75, 3.05) is 5.73 Å². The number of nitrogens with two attached hydrogens (primary N) is 1. The van der Waals surface area contributed by atoms with Gasteiger partial charge in [-0.3, -0.25) is 0 Å². The zero-order valence-electron chi connectivity index (χ0n) is 10.3. The fourth-order valence-corrected chi connectivity index (χ4v) is 2.41. The molecule has 0 aliphatic heterocycles. The molecule has 0 aliphatic carbocycles. The molecule has 16 heavy (non-hydrogen) atoms. The molecule has 0 saturated heterocycles. The Balaban J connectivity index is 2.83. The highest BCUT2D eigenvalue weighted by atomic mass is 14.6. The van der Waals surface area contributed by atoms with Crippen molar-refractivity contribution in [1.82, 2.24) is 0 Å². The topological polar surface area (TPSA) is 26.0 Å². The third-order valence-corrected chi connectivity index (χ3v) is 3.46. The van der Waals surface area contributed by atoms with Crippen molar-refractivity contribution >= 4 is 16.5 Å². The van der Waals surface area contributed by atoms with E-state index in [1.807, 2.05) is 0 Å². The van der Waals surface area contributed by atoms with Crippen LogP contribution in [0, 0.1) is 13.8 Å². The lowest BCUT2D eigenvalue weighted by molar-refractivity contribution is 0.915. The lowest BCUT2D eigenvalue weighted by Crippen LogP contribution is -2.01. The standard InChI is InChI=1S/C15H19N/c1-4-7-13-11(3)10(2)12-8-5-6-9-14(12)15(13)16/h5-6,8-9H,4,7,16H2,1-3H3. The molecule has 0 bridgehead atoms. The molecule has 0 spiro atoms. The highest BCUT2D eigenvalue weighted by molar-refractivity contribution is 5.97. The first-order valence-electron chi connectivity index (χ1n) is 5.93. The molecule has 0 aliphatic rings. The molecule has 0 amide bonds. The Morgan fingerprint density at radius 2 is 1.62 bits per heavy atom. The highest BCUT2D eigenvalue weighted by Gasteiger charge is 2.10. The number of fused-ring (bicyclic) bond motifs is 1. The summed E-state index contributed by atoms with van der Waals surface area (Å²) in [7, 11) is 0. The Bertz CT molecular complexity index is 526. The Kier molecular flexibility index (Phi) is 2.86. The number of rotatable bonds is 2. The first-order valence-corrected chi connectivity index (χ1v) is 5.93. The fraction of sp³-hybridized carbons (Fsp3) is 0.333. The molecule has 0 aromatic heterocycles. The summed E-state index contributed by atoms with van der Waals surface area (Å²) in [6.45, 7) is 6.57. The molecule has 0 fully saturated rings. The Morgan fingerprint density at radius 3 is 2.25 bits per heavy atom. The molecule has 1 nitrogen and oxygen atoms in total. The SMILES string of the molecule is CCCc1c(C)c(C)c2ccccc2c1N. The molecule has 1 heteroatoms. The number of benzene rings is 2. The molecule has 2 aromatic rings. The molecule has 0 heterocycles. The number of aryl methyl sites for hydroxylation is 1. The van der Waals surface area contributed by atoms with Crippen LogP contribution in [0.2, 0.25) is 0 Å². The molecular weight excluding hydrogens is 194 g/mol. The summed E-state index contributed by atoms with van der Waals surface area (Å²) in [4.78, 5) is 0. The van der Waals surface area contributed by atoms with Gasteiger partial charge in [-0.05, 0) is 42.3 Å². The second-order valence-electron chi connectivity index (χ2n) is 4.44. The van der Waals surface area contributed by atoms with Gasteiger partial charge in [0.1, 0.15) is 0 Å². The molecule has 0 unspecified atom stereocenters. The largest absolute Gasteiger partial charge is 0.398 e. The average Bonchev–Trinajstić information content (AvgIpc) is 2.32. The Labute approximate surface area is 97.3 Å². The minimum Gasteiger partial charge on any atom is -0.398 e. The van der Waals surface area contributed by atoms with Crippen molar-refractivity contribution < 1.29 is 0 Å². The maximum Gasteiger partial charge on any atom is 0.0429 e. The van der Waals surface area contributed by atoms with Crippen LogP contribution in [0.4, 0.5) is 5.69 Å². The molecule has 2 N–H and O–H groups in total. The first kappa shape index (κ1) is 11.0. The van der Waals surface area contributed by atoms with Crippen LogP contribution < -0.4 is 5.73 Å². The van der Waals surface area contributed by atoms with Gasteiger partial charge in [0.2, 0.25) is 0 Å². The van der Waals surface area contributed by atoms with E-state index >= 15 is 0 Å². The number of hydrogen-bond donors (Lipinski definition) is 1. The van der Waals surface area contributed by atoms with Gasteiger partial charge in [-0.1, -0.05) is 37.6 Å². The molecule has 84 valence electrons. The number of anilines is 1. The van der Waals surface area contributed by atoms with Gasteiger partial charge in [0, 0.05) is 11.1 Å². The van der Waals surface area contributed by atoms with E-state index in [4.69, 9.17) is 5.73 Å². The zero-order valence-corrected chi connectivity index (χ0v) is 10.3. The third kappa shape index (κ3) is 1.57. The van der Waals surface area contributed by atoms with Crippen molar-refractivity contribution in [1.29, 1.82) is 0 Å². The Morgan fingerprint density at radius 1 is 1.00 bits per heavy atom. The van der Waals surface area contributed by atoms with Crippen molar-refractivity contribution in [2.24, 2.45) is 0 Å². The molecule has 0 atom stereocenters. The normalized spacial score (nSPS) is 10.9. The van der Waals surface area contributed by atoms with Gasteiger partial charge in [-0.2, -0.15) is 0 Å². The highest BCUT2D eigenvalue weighted by Crippen LogP contribution is 2.32. The molecule has 2 aromatic carbocycles. The predicted octanol–water partition coefficient (Wildman–Crippen LogP) is 3.99. The van der Waals surface area contributed by atoms with Gasteiger partial charge in [0.25, 0.3) is 0 Å². The van der Waals surface area contributed by atoms with Gasteiger partial charge >= 0.3 is 0 Å². The van der Waals surface area contributed by atoms with Crippen molar-refractivity contribution in [3.63, 3.8) is 0 Å². The van der Waals surface area contributed by atoms with Crippen LogP contribution in [0.25, 0.3) is 10.8 Å². The van der Waals surface area contributed by atoms with Gasteiger partial charge < -0.3 is 5.73 Å². The summed E-state index contributed by atoms with van der Waals surface area (Å²) in [6.07, 6.45) is 2.21. The van der Waals surface area contributed by atoms with E-state index in [2.05, 4.69) is 45.0 Å². The summed E-state index contributed by atoms with van der Waals surface area (Å²) in [6, 6.07) is 8.41. The Hall–Kier alpha value is -1.50. The van der Waals surface area contributed by atoms with E-state index in [0.29, 0.717) is 0 Å². The van der Waals surface area contributed by atoms with Gasteiger partial charge in [0.15, 0.2) is 0 Å². The van der Waals surface area contributed by atoms with Crippen LogP contribution in [-0.4, -0.2) is 0 Å². The monoisotopic (exact) mass is 213 g/mol. The van der Waals surface area contributed by atoms with E-state index in [9.17, 15) is 0 Å². The fourth-order valence-electron chi connectivity index (χ4n) is 2.41. The summed E-state index contributed by atoms with van der Waals surface area (Å²) >= 11 is 0. The minimum absolute atomic E-state index is 0.973. The maximum absolute atomic E-state index is 6.27. The zero-order chi connectivity index (χ0) is 11.7. The van der Waals surface area contributed by atoms with Crippen molar-refractivity contribution in [3.05, 3.63) is 41.0 Å². The summed E-state index contributed by atoms with van der Waals surface area (Å²) < 4.78 is 0. The van der Waals surface area contributed by atoms with Gasteiger partial charge in [-0.15, -0.1) is 0 Å². The van der Waals surface area contributed by atoms with E-state index in [1.165, 1.54) is 27.5 Å². The second-order valence-corrected chi connectivity index (χ2v) is 4.44. The summed E-state index contributed by atoms with van der Waals surface area (Å²) in [5, 5.41) is 2.49. The lowest BCUT2D eigenvalue weighted by atomic mass is 9.92. The van der Waals surface area contributed by atoms with Crippen LogP contribution in [0.5, 0.6) is 0 Å². The van der Waals surface area contributed by atoms with E-state index in [-0.39, 0.29) is 0 Å². The van der Waals surface area contributed by atoms with Gasteiger partial charge in [0.05, 0.1) is 0 Å². The maximum atomic E-state index is 6.27. The quantitative estimate of drug-likeness (QED) is 0.750. The number of hydrogen-bond acceptors (Lipinski definition) is 1. The smallest absolute Gasteiger partial charge is 0.0429 e. The van der Waals surface area contributed by atoms with Crippen LogP contribution >= 0.6 is 0 Å². The van der Waals surface area contributed by atoms with E-state index in [1.54, 1.807) is 0 Å². The predicted molar refractivity (Wildman–Crippen MR) is 71.8 cm³/mol. The summed E-state index contributed by atoms with van der Waals surface area (Å²) in [5.41, 5.74) is 11.3. The molecular formula is C15H19N. The van der Waals surface area contributed by atoms with Crippen LogP contribution in [-0.2, 0) is 6.42 Å². The minimum atomic E-state index is 0.973. The summed E-state index contributed by atoms with van der Waals surface area (Å²) in [5.74, 6) is 0. The van der Waals surface area contributed by atoms with Crippen molar-refractivity contribution in [2.45, 2.75) is 33.6 Å². The second kappa shape index (κ2) is 4.17. The molecule has 0 radical (unpaired) electrons. The molecule has 0 saturated carbocycles. The average molecular weight is 213 g/mol. The van der Waals surface area contributed by atoms with Crippen molar-refractivity contribution in [3.8, 4) is 0 Å².